The Labute approximate surface area is 159 Å². The first-order chi connectivity index (χ1) is 12.5. The van der Waals surface area contributed by atoms with Crippen LogP contribution >= 0.6 is 15.9 Å². The average Bonchev–Trinajstić information content (AvgIpc) is 3.41. The Balaban J connectivity index is 1.24. The Morgan fingerprint density at radius 1 is 1.04 bits per heavy atom. The van der Waals surface area contributed by atoms with E-state index in [2.05, 4.69) is 33.4 Å². The molecule has 0 radical (unpaired) electrons. The molecule has 1 N–H and O–H groups in total. The lowest BCUT2D eigenvalue weighted by Crippen LogP contribution is -2.40. The van der Waals surface area contributed by atoms with Gasteiger partial charge in [0.15, 0.2) is 0 Å². The highest BCUT2D eigenvalue weighted by atomic mass is 79.9. The molecule has 1 saturated heterocycles. The number of anilines is 1. The van der Waals surface area contributed by atoms with Crippen LogP contribution in [-0.2, 0) is 14.4 Å². The van der Waals surface area contributed by atoms with Crippen LogP contribution in [0.2, 0.25) is 0 Å². The minimum Gasteiger partial charge on any atom is -0.326 e. The zero-order valence-corrected chi connectivity index (χ0v) is 15.7. The van der Waals surface area contributed by atoms with E-state index in [1.165, 1.54) is 4.90 Å². The number of hydrogen-bond donors (Lipinski definition) is 1. The SMILES string of the molecule is O=C(CCN1C(=O)C2C3C=CC(C4CC34)C2C1=O)Nc1ccc(Br)cc1. The van der Waals surface area contributed by atoms with Gasteiger partial charge in [-0.2, -0.15) is 0 Å². The summed E-state index contributed by atoms with van der Waals surface area (Å²) in [5.41, 5.74) is 0.702. The van der Waals surface area contributed by atoms with E-state index in [9.17, 15) is 14.4 Å². The van der Waals surface area contributed by atoms with Crippen molar-refractivity contribution in [1.82, 2.24) is 4.90 Å². The van der Waals surface area contributed by atoms with Gasteiger partial charge in [-0.25, -0.2) is 0 Å². The van der Waals surface area contributed by atoms with Crippen LogP contribution in [0.25, 0.3) is 0 Å². The molecule has 2 bridgehead atoms. The third-order valence-electron chi connectivity index (χ3n) is 6.44. The van der Waals surface area contributed by atoms with E-state index < -0.39 is 0 Å². The molecule has 6 atom stereocenters. The molecule has 6 heteroatoms. The van der Waals surface area contributed by atoms with Crippen molar-refractivity contribution in [3.8, 4) is 0 Å². The second-order valence-electron chi connectivity index (χ2n) is 7.79. The summed E-state index contributed by atoms with van der Waals surface area (Å²) in [6.45, 7) is 0.168. The summed E-state index contributed by atoms with van der Waals surface area (Å²) in [4.78, 5) is 39.2. The molecule has 134 valence electrons. The molecule has 4 aliphatic carbocycles. The summed E-state index contributed by atoms with van der Waals surface area (Å²) < 4.78 is 0.938. The van der Waals surface area contributed by atoms with Crippen molar-refractivity contribution in [1.29, 1.82) is 0 Å². The van der Waals surface area contributed by atoms with E-state index >= 15 is 0 Å². The van der Waals surface area contributed by atoms with E-state index in [1.54, 1.807) is 12.1 Å². The molecule has 5 nitrogen and oxygen atoms in total. The Hall–Kier alpha value is -1.95. The maximum absolute atomic E-state index is 12.8. The van der Waals surface area contributed by atoms with Crippen molar-refractivity contribution in [3.63, 3.8) is 0 Å². The maximum Gasteiger partial charge on any atom is 0.233 e. The number of carbonyl (C=O) groups excluding carboxylic acids is 3. The van der Waals surface area contributed by atoms with Gasteiger partial charge in [0.1, 0.15) is 0 Å². The third-order valence-corrected chi connectivity index (χ3v) is 6.97. The average molecular weight is 415 g/mol. The highest BCUT2D eigenvalue weighted by Gasteiger charge is 2.66. The molecule has 5 aliphatic rings. The first kappa shape index (κ1) is 16.2. The molecule has 2 saturated carbocycles. The van der Waals surface area contributed by atoms with Gasteiger partial charge in [0.25, 0.3) is 0 Å². The predicted octanol–water partition coefficient (Wildman–Crippen LogP) is 2.83. The zero-order chi connectivity index (χ0) is 18.0. The first-order valence-corrected chi connectivity index (χ1v) is 9.93. The van der Waals surface area contributed by atoms with E-state index in [1.807, 2.05) is 12.1 Å². The fourth-order valence-corrected chi connectivity index (χ4v) is 5.47. The number of amides is 3. The molecule has 3 amide bonds. The molecule has 6 unspecified atom stereocenters. The van der Waals surface area contributed by atoms with Crippen molar-refractivity contribution < 1.29 is 14.4 Å². The quantitative estimate of drug-likeness (QED) is 0.608. The van der Waals surface area contributed by atoms with Crippen LogP contribution in [0.1, 0.15) is 12.8 Å². The Morgan fingerprint density at radius 2 is 1.62 bits per heavy atom. The van der Waals surface area contributed by atoms with Crippen LogP contribution in [0.5, 0.6) is 0 Å². The van der Waals surface area contributed by atoms with E-state index in [0.29, 0.717) is 17.5 Å². The molecule has 6 rings (SSSR count). The standard InChI is InChI=1S/C20H19BrN2O3/c21-10-1-3-11(4-2-10)22-16(24)7-8-23-19(25)17-12-5-6-13(15-9-14(12)15)18(17)20(23)26/h1-6,12-15,17-18H,7-9H2,(H,22,24). The molecular formula is C20H19BrN2O3. The van der Waals surface area contributed by atoms with Crippen LogP contribution in [-0.4, -0.2) is 29.2 Å². The fourth-order valence-electron chi connectivity index (χ4n) is 5.21. The first-order valence-electron chi connectivity index (χ1n) is 9.13. The number of benzene rings is 1. The van der Waals surface area contributed by atoms with Crippen molar-refractivity contribution >= 4 is 39.3 Å². The van der Waals surface area contributed by atoms with Gasteiger partial charge in [0.2, 0.25) is 17.7 Å². The monoisotopic (exact) mass is 414 g/mol. The molecule has 26 heavy (non-hydrogen) atoms. The van der Waals surface area contributed by atoms with Crippen LogP contribution in [0.3, 0.4) is 0 Å². The number of carbonyl (C=O) groups is 3. The number of rotatable bonds is 4. The molecule has 1 aromatic carbocycles. The Kier molecular flexibility index (Phi) is 3.61. The summed E-state index contributed by atoms with van der Waals surface area (Å²) in [7, 11) is 0. The number of nitrogens with zero attached hydrogens (tertiary/aromatic N) is 1. The van der Waals surface area contributed by atoms with E-state index in [-0.39, 0.29) is 54.4 Å². The minimum atomic E-state index is -0.188. The number of halogens is 1. The van der Waals surface area contributed by atoms with Gasteiger partial charge in [-0.15, -0.1) is 0 Å². The van der Waals surface area contributed by atoms with Gasteiger partial charge in [-0.3, -0.25) is 19.3 Å². The van der Waals surface area contributed by atoms with E-state index in [4.69, 9.17) is 0 Å². The lowest BCUT2D eigenvalue weighted by molar-refractivity contribution is -0.140. The summed E-state index contributed by atoms with van der Waals surface area (Å²) in [5.74, 6) is 0.967. The molecule has 0 aromatic heterocycles. The molecule has 1 aliphatic heterocycles. The van der Waals surface area contributed by atoms with Gasteiger partial charge in [0.05, 0.1) is 11.8 Å². The Morgan fingerprint density at radius 3 is 2.19 bits per heavy atom. The summed E-state index contributed by atoms with van der Waals surface area (Å²) in [6.07, 6.45) is 5.61. The second-order valence-corrected chi connectivity index (χ2v) is 8.70. The third kappa shape index (κ3) is 2.38. The highest BCUT2D eigenvalue weighted by molar-refractivity contribution is 9.10. The fraction of sp³-hybridized carbons (Fsp3) is 0.450. The van der Waals surface area contributed by atoms with Crippen LogP contribution in [0.4, 0.5) is 5.69 Å². The van der Waals surface area contributed by atoms with Crippen LogP contribution < -0.4 is 5.32 Å². The normalized spacial score (nSPS) is 36.1. The number of hydrogen-bond acceptors (Lipinski definition) is 3. The topological polar surface area (TPSA) is 66.5 Å². The van der Waals surface area contributed by atoms with Crippen molar-refractivity contribution in [2.24, 2.45) is 35.5 Å². The number of allylic oxidation sites excluding steroid dienone is 2. The molecule has 0 spiro atoms. The van der Waals surface area contributed by atoms with Crippen LogP contribution in [0, 0.1) is 35.5 Å². The minimum absolute atomic E-state index is 0.0684. The smallest absolute Gasteiger partial charge is 0.233 e. The number of imide groups is 1. The highest BCUT2D eigenvalue weighted by Crippen LogP contribution is 2.65. The van der Waals surface area contributed by atoms with Gasteiger partial charge in [0, 0.05) is 23.1 Å². The number of likely N-dealkylation sites (tertiary alicyclic amines) is 1. The molecule has 1 aromatic rings. The second kappa shape index (κ2) is 5.78. The summed E-state index contributed by atoms with van der Waals surface area (Å²) in [5, 5.41) is 2.81. The Bertz CT molecular complexity index is 798. The lowest BCUT2D eigenvalue weighted by Gasteiger charge is -2.37. The van der Waals surface area contributed by atoms with Gasteiger partial charge < -0.3 is 5.32 Å². The molecule has 3 fully saturated rings. The predicted molar refractivity (Wildman–Crippen MR) is 98.8 cm³/mol. The van der Waals surface area contributed by atoms with Gasteiger partial charge in [-0.05, 0) is 54.4 Å². The molecular weight excluding hydrogens is 396 g/mol. The van der Waals surface area contributed by atoms with E-state index in [0.717, 1.165) is 10.9 Å². The maximum atomic E-state index is 12.8. The van der Waals surface area contributed by atoms with Gasteiger partial charge >= 0.3 is 0 Å². The van der Waals surface area contributed by atoms with Crippen molar-refractivity contribution in [2.75, 3.05) is 11.9 Å². The molecule has 1 heterocycles. The van der Waals surface area contributed by atoms with Crippen molar-refractivity contribution in [2.45, 2.75) is 12.8 Å². The summed E-state index contributed by atoms with van der Waals surface area (Å²) in [6, 6.07) is 7.31. The van der Waals surface area contributed by atoms with Crippen molar-refractivity contribution in [3.05, 3.63) is 40.9 Å². The van der Waals surface area contributed by atoms with Crippen LogP contribution in [0.15, 0.2) is 40.9 Å². The largest absolute Gasteiger partial charge is 0.326 e. The number of nitrogens with one attached hydrogen (secondary N) is 1. The lowest BCUT2D eigenvalue weighted by atomic mass is 9.63. The zero-order valence-electron chi connectivity index (χ0n) is 14.1. The summed E-state index contributed by atoms with van der Waals surface area (Å²) >= 11 is 3.35. The van der Waals surface area contributed by atoms with Gasteiger partial charge in [-0.1, -0.05) is 28.1 Å².